The van der Waals surface area contributed by atoms with Crippen LogP contribution >= 0.6 is 35.2 Å². The van der Waals surface area contributed by atoms with Crippen molar-refractivity contribution in [1.82, 2.24) is 30.2 Å². The van der Waals surface area contributed by atoms with Crippen molar-refractivity contribution in [2.75, 3.05) is 44.4 Å². The molecule has 3 heterocycles. The molecule has 384 valence electrons. The molecule has 0 aromatic carbocycles. The fraction of sp³-hybridized carbons (Fsp3) is 0.784. The lowest BCUT2D eigenvalue weighted by molar-refractivity contribution is -0.347. The number of thioether (sulfide) groups is 1. The van der Waals surface area contributed by atoms with E-state index in [0.29, 0.717) is 12.2 Å². The van der Waals surface area contributed by atoms with Crippen molar-refractivity contribution in [1.29, 1.82) is 0 Å². The summed E-state index contributed by atoms with van der Waals surface area (Å²) in [5.41, 5.74) is 4.07. The minimum absolute atomic E-state index is 0.0111. The standard InChI is InChI=1S/C37H66N7O19P3S/c1-37(2,32(50)35(51)40-17-16-27(47)39-18-20-67-28(48)15-11-6-4-3-5-9-13-25(46)14-10-7-8-12-19-45)22-60-66(57,58)63-65(55,56)59-21-26-31(62-64(52,53)54)30(49)36(61-26)44-24-43-29-33(38)41-23-42-34(29)44/h23-26,30-32,36,45-46,49-50H,3-22H2,1-2H3,(H,39,47)(H,40,51)(H,55,56)(H,57,58)(H2,38,41,42)(H2,52,53,54)/p-4/t25?,26-,30-,31-,32+,36-/m1/s1. The molecule has 3 unspecified atom stereocenters. The monoisotopic (exact) mass is 1030 g/mol. The smallest absolute Gasteiger partial charge is 0.274 e. The number of rotatable bonds is 34. The number of phosphoric ester groups is 3. The number of aliphatic hydroxyl groups excluding tert-OH is 4. The van der Waals surface area contributed by atoms with Gasteiger partial charge in [0.15, 0.2) is 22.8 Å². The van der Waals surface area contributed by atoms with E-state index in [1.807, 2.05) is 0 Å². The van der Waals surface area contributed by atoms with Gasteiger partial charge in [-0.3, -0.25) is 28.1 Å². The highest BCUT2D eigenvalue weighted by Gasteiger charge is 2.47. The van der Waals surface area contributed by atoms with E-state index in [2.05, 4.69) is 43.5 Å². The summed E-state index contributed by atoms with van der Waals surface area (Å²) in [6.45, 7) is 0.295. The Bertz CT molecular complexity index is 2020. The number of nitrogens with two attached hydrogens (primary N) is 1. The minimum atomic E-state index is -5.93. The number of carbonyl (C=O) groups is 3. The van der Waals surface area contributed by atoms with E-state index in [1.54, 1.807) is 0 Å². The summed E-state index contributed by atoms with van der Waals surface area (Å²) >= 11 is 1.10. The van der Waals surface area contributed by atoms with Crippen molar-refractivity contribution in [3.05, 3.63) is 12.7 Å². The van der Waals surface area contributed by atoms with E-state index in [0.717, 1.165) is 106 Å². The van der Waals surface area contributed by atoms with Crippen molar-refractivity contribution >= 4 is 69.1 Å². The molecule has 0 saturated carbocycles. The van der Waals surface area contributed by atoms with Crippen LogP contribution in [0.2, 0.25) is 0 Å². The van der Waals surface area contributed by atoms with Gasteiger partial charge in [-0.05, 0) is 25.7 Å². The summed E-state index contributed by atoms with van der Waals surface area (Å²) in [6.07, 6.45) is 3.59. The number of nitrogen functional groups attached to an aromatic ring is 1. The molecular weight excluding hydrogens is 971 g/mol. The maximum absolute atomic E-state index is 12.6. The molecule has 1 fully saturated rings. The average molecular weight is 1030 g/mol. The number of aromatic nitrogens is 4. The second kappa shape index (κ2) is 28.4. The van der Waals surface area contributed by atoms with E-state index in [4.69, 9.17) is 15.6 Å². The van der Waals surface area contributed by atoms with Crippen LogP contribution in [0.1, 0.15) is 110 Å². The number of aliphatic hydroxyl groups is 4. The van der Waals surface area contributed by atoms with Crippen molar-refractivity contribution in [2.45, 2.75) is 140 Å². The molecule has 8 atom stereocenters. The van der Waals surface area contributed by atoms with Gasteiger partial charge in [-0.15, -0.1) is 0 Å². The van der Waals surface area contributed by atoms with Crippen LogP contribution < -0.4 is 35.9 Å². The van der Waals surface area contributed by atoms with Crippen molar-refractivity contribution < 1.29 is 90.7 Å². The quantitative estimate of drug-likeness (QED) is 0.0345. The van der Waals surface area contributed by atoms with Crippen LogP contribution in [0.25, 0.3) is 11.2 Å². The number of hydrogen-bond acceptors (Lipinski definition) is 24. The number of carbonyl (C=O) groups excluding carboxylic acids is 3. The molecule has 8 N–H and O–H groups in total. The number of hydrogen-bond donors (Lipinski definition) is 7. The first kappa shape index (κ1) is 58.8. The molecule has 1 aliphatic heterocycles. The molecule has 0 radical (unpaired) electrons. The lowest BCUT2D eigenvalue weighted by atomic mass is 9.87. The van der Waals surface area contributed by atoms with Gasteiger partial charge in [0.2, 0.25) is 11.8 Å². The summed E-state index contributed by atoms with van der Waals surface area (Å²) in [4.78, 5) is 96.8. The third-order valence-corrected chi connectivity index (χ3v) is 14.3. The van der Waals surface area contributed by atoms with E-state index >= 15 is 0 Å². The summed E-state index contributed by atoms with van der Waals surface area (Å²) in [5.74, 6) is -1.21. The van der Waals surface area contributed by atoms with Gasteiger partial charge in [0, 0.05) is 43.7 Å². The first-order valence-corrected chi connectivity index (χ1v) is 27.1. The Balaban J connectivity index is 1.31. The van der Waals surface area contributed by atoms with Gasteiger partial charge >= 0.3 is 0 Å². The summed E-state index contributed by atoms with van der Waals surface area (Å²) in [5, 5.41) is 45.3. The number of nitrogens with zero attached hydrogens (tertiary/aromatic N) is 4. The fourth-order valence-electron chi connectivity index (χ4n) is 6.69. The lowest BCUT2D eigenvalue weighted by Gasteiger charge is -2.36. The second-order valence-corrected chi connectivity index (χ2v) is 21.7. The zero-order valence-corrected chi connectivity index (χ0v) is 40.8. The highest BCUT2D eigenvalue weighted by Crippen LogP contribution is 2.56. The van der Waals surface area contributed by atoms with Crippen molar-refractivity contribution in [3.8, 4) is 0 Å². The molecule has 67 heavy (non-hydrogen) atoms. The zero-order chi connectivity index (χ0) is 49.8. The van der Waals surface area contributed by atoms with E-state index < -0.39 is 84.6 Å². The molecular formula is C37H62N7O19P3S-4. The van der Waals surface area contributed by atoms with Gasteiger partial charge in [-0.2, -0.15) is 0 Å². The highest BCUT2D eigenvalue weighted by atomic mass is 32.2. The number of phosphoric acid groups is 3. The predicted molar refractivity (Wildman–Crippen MR) is 231 cm³/mol. The Morgan fingerprint density at radius 3 is 2.18 bits per heavy atom. The molecule has 0 bridgehead atoms. The lowest BCUT2D eigenvalue weighted by Crippen LogP contribution is -2.46. The number of imidazole rings is 1. The van der Waals surface area contributed by atoms with Gasteiger partial charge in [0.25, 0.3) is 15.6 Å². The number of amides is 2. The molecule has 2 aromatic rings. The van der Waals surface area contributed by atoms with E-state index in [-0.39, 0.29) is 54.3 Å². The molecule has 2 amide bonds. The topological polar surface area (TPSA) is 415 Å². The van der Waals surface area contributed by atoms with Crippen LogP contribution in [-0.2, 0) is 50.7 Å². The SMILES string of the molecule is CC(C)(COP(=O)([O-])OP(=O)([O-])OC[C@H]1O[C@@H](n2cnc3c(N)ncnc32)[C@H](O)[C@@H]1OP(=O)([O-])[O-])[C@@H](O)C(=O)NCCC(=O)NCCSC(=O)CCCCCCCCC(O)CCCCCCO. The van der Waals surface area contributed by atoms with Gasteiger partial charge in [0.05, 0.1) is 33.5 Å². The van der Waals surface area contributed by atoms with Crippen LogP contribution in [0.5, 0.6) is 0 Å². The van der Waals surface area contributed by atoms with Crippen LogP contribution in [0.4, 0.5) is 5.82 Å². The maximum Gasteiger partial charge on any atom is 0.274 e. The van der Waals surface area contributed by atoms with E-state index in [1.165, 1.54) is 13.8 Å². The third kappa shape index (κ3) is 21.6. The van der Waals surface area contributed by atoms with Crippen LogP contribution in [-0.4, -0.2) is 126 Å². The van der Waals surface area contributed by atoms with Crippen molar-refractivity contribution in [2.24, 2.45) is 5.41 Å². The van der Waals surface area contributed by atoms with Gasteiger partial charge in [-0.25, -0.2) is 19.3 Å². The van der Waals surface area contributed by atoms with Crippen LogP contribution in [0.15, 0.2) is 12.7 Å². The first-order chi connectivity index (χ1) is 31.4. The van der Waals surface area contributed by atoms with Gasteiger partial charge in [-0.1, -0.05) is 77.0 Å². The molecule has 26 nitrogen and oxygen atoms in total. The minimum Gasteiger partial charge on any atom is -0.790 e. The fourth-order valence-corrected chi connectivity index (χ4v) is 10.1. The van der Waals surface area contributed by atoms with Gasteiger partial charge < -0.3 is 79.2 Å². The number of nitrogens with one attached hydrogen (secondary N) is 2. The van der Waals surface area contributed by atoms with Crippen LogP contribution in [0, 0.1) is 5.41 Å². The molecule has 1 aliphatic rings. The zero-order valence-electron chi connectivity index (χ0n) is 37.3. The maximum atomic E-state index is 12.6. The molecule has 1 saturated heterocycles. The summed E-state index contributed by atoms with van der Waals surface area (Å²) < 4.78 is 60.8. The normalized spacial score (nSPS) is 20.6. The number of ether oxygens (including phenoxy) is 1. The Morgan fingerprint density at radius 1 is 0.896 bits per heavy atom. The second-order valence-electron chi connectivity index (χ2n) is 16.4. The Hall–Kier alpha value is -2.52. The number of fused-ring (bicyclic) bond motifs is 1. The third-order valence-electron chi connectivity index (χ3n) is 10.4. The molecule has 0 aliphatic carbocycles. The first-order valence-electron chi connectivity index (χ1n) is 21.7. The predicted octanol–water partition coefficient (Wildman–Crippen LogP) is -0.439. The van der Waals surface area contributed by atoms with E-state index in [9.17, 15) is 63.0 Å². The Morgan fingerprint density at radius 2 is 1.52 bits per heavy atom. The Labute approximate surface area is 391 Å². The largest absolute Gasteiger partial charge is 0.790 e. The molecule has 2 aromatic heterocycles. The van der Waals surface area contributed by atoms with Gasteiger partial charge in [0.1, 0.15) is 36.3 Å². The number of anilines is 1. The number of unbranched alkanes of at least 4 members (excludes halogenated alkanes) is 8. The summed E-state index contributed by atoms with van der Waals surface area (Å²) in [6, 6.07) is 0. The molecule has 0 spiro atoms. The highest BCUT2D eigenvalue weighted by molar-refractivity contribution is 8.13. The summed E-state index contributed by atoms with van der Waals surface area (Å²) in [7, 11) is -17.6. The molecule has 3 rings (SSSR count). The Kier molecular flexibility index (Phi) is 24.9. The van der Waals surface area contributed by atoms with Crippen LogP contribution in [0.3, 0.4) is 0 Å². The van der Waals surface area contributed by atoms with Crippen molar-refractivity contribution in [3.63, 3.8) is 0 Å². The average Bonchev–Trinajstić information content (AvgIpc) is 3.81. The molecule has 30 heteroatoms.